The van der Waals surface area contributed by atoms with E-state index in [4.69, 9.17) is 4.74 Å². The van der Waals surface area contributed by atoms with Gasteiger partial charge in [-0.1, -0.05) is 0 Å². The molecule has 0 saturated heterocycles. The van der Waals surface area contributed by atoms with E-state index in [9.17, 15) is 9.36 Å². The number of carbonyl (C=O) groups excluding carboxylic acids is 1. The zero-order chi connectivity index (χ0) is 11.0. The van der Waals surface area contributed by atoms with E-state index in [-0.39, 0.29) is 6.61 Å². The molecule has 7 heteroatoms. The Bertz CT molecular complexity index is 241. The molecule has 0 bridgehead atoms. The Morgan fingerprint density at radius 1 is 1.29 bits per heavy atom. The average Bonchev–Trinajstić information content (AvgIpc) is 2.23. The molecule has 0 aliphatic carbocycles. The average molecular weight is 224 g/mol. The lowest BCUT2D eigenvalue weighted by molar-refractivity contribution is -0.144. The first-order valence-electron chi connectivity index (χ1n) is 3.65. The summed E-state index contributed by atoms with van der Waals surface area (Å²) in [5.74, 6) is 0.579. The van der Waals surface area contributed by atoms with Crippen molar-refractivity contribution in [2.24, 2.45) is 0 Å². The standard InChI is InChI=1S/C7H13O6P/c1-10-7(8)6-13-4-5-14(9,11-2)12-3/h4-5H,6H2,1-3H3. The fraction of sp³-hybridized carbons (Fsp3) is 0.571. The van der Waals surface area contributed by atoms with Crippen LogP contribution in [-0.4, -0.2) is 33.9 Å². The number of esters is 1. The van der Waals surface area contributed by atoms with E-state index in [1.165, 1.54) is 21.3 Å². The Labute approximate surface area is 82.3 Å². The Hall–Kier alpha value is -0.840. The van der Waals surface area contributed by atoms with Crippen molar-refractivity contribution in [2.75, 3.05) is 27.9 Å². The van der Waals surface area contributed by atoms with Gasteiger partial charge in [0.25, 0.3) is 0 Å². The molecule has 0 heterocycles. The lowest BCUT2D eigenvalue weighted by Gasteiger charge is -2.07. The normalized spacial score (nSPS) is 11.6. The Kier molecular flexibility index (Phi) is 6.19. The zero-order valence-electron chi connectivity index (χ0n) is 8.26. The summed E-state index contributed by atoms with van der Waals surface area (Å²) in [6.45, 7) is -0.250. The van der Waals surface area contributed by atoms with Crippen LogP contribution in [0.3, 0.4) is 0 Å². The Morgan fingerprint density at radius 3 is 2.29 bits per heavy atom. The number of ether oxygens (including phenoxy) is 2. The maximum absolute atomic E-state index is 11.3. The first-order valence-corrected chi connectivity index (χ1v) is 5.26. The Balaban J connectivity index is 3.93. The molecule has 0 aromatic rings. The molecule has 0 radical (unpaired) electrons. The van der Waals surface area contributed by atoms with E-state index < -0.39 is 13.6 Å². The van der Waals surface area contributed by atoms with Gasteiger partial charge in [0.05, 0.1) is 19.2 Å². The van der Waals surface area contributed by atoms with Crippen molar-refractivity contribution < 1.29 is 27.9 Å². The molecule has 0 N–H and O–H groups in total. The van der Waals surface area contributed by atoms with Crippen LogP contribution in [0.25, 0.3) is 0 Å². The van der Waals surface area contributed by atoms with Crippen LogP contribution in [0.5, 0.6) is 0 Å². The molecule has 0 unspecified atom stereocenters. The highest BCUT2D eigenvalue weighted by Gasteiger charge is 2.15. The SMILES string of the molecule is COC(=O)COC=CP(=O)(OC)OC. The van der Waals surface area contributed by atoms with E-state index in [0.717, 1.165) is 12.1 Å². The number of rotatable bonds is 6. The second kappa shape index (κ2) is 6.59. The summed E-state index contributed by atoms with van der Waals surface area (Å²) >= 11 is 0. The van der Waals surface area contributed by atoms with Crippen molar-refractivity contribution in [3.63, 3.8) is 0 Å². The van der Waals surface area contributed by atoms with Gasteiger partial charge in [0.1, 0.15) is 0 Å². The highest BCUT2D eigenvalue weighted by Crippen LogP contribution is 2.47. The number of hydrogen-bond donors (Lipinski definition) is 0. The molecule has 0 spiro atoms. The van der Waals surface area contributed by atoms with Gasteiger partial charge in [-0.05, 0) is 0 Å². The zero-order valence-corrected chi connectivity index (χ0v) is 9.15. The van der Waals surface area contributed by atoms with Gasteiger partial charge in [-0.3, -0.25) is 4.57 Å². The molecule has 0 fully saturated rings. The van der Waals surface area contributed by atoms with Crippen LogP contribution >= 0.6 is 7.60 Å². The van der Waals surface area contributed by atoms with E-state index in [2.05, 4.69) is 13.8 Å². The van der Waals surface area contributed by atoms with E-state index in [1.54, 1.807) is 0 Å². The van der Waals surface area contributed by atoms with Gasteiger partial charge in [0, 0.05) is 14.2 Å². The van der Waals surface area contributed by atoms with Gasteiger partial charge in [-0.2, -0.15) is 0 Å². The van der Waals surface area contributed by atoms with Gasteiger partial charge >= 0.3 is 13.6 Å². The molecule has 0 atom stereocenters. The van der Waals surface area contributed by atoms with Crippen LogP contribution in [0.1, 0.15) is 0 Å². The molecule has 0 aromatic carbocycles. The smallest absolute Gasteiger partial charge is 0.356 e. The molecule has 0 amide bonds. The third kappa shape index (κ3) is 5.01. The number of carbonyl (C=O) groups is 1. The van der Waals surface area contributed by atoms with Crippen LogP contribution in [0.2, 0.25) is 0 Å². The Morgan fingerprint density at radius 2 is 1.86 bits per heavy atom. The molecular formula is C7H13O6P. The van der Waals surface area contributed by atoms with Crippen molar-refractivity contribution >= 4 is 13.6 Å². The molecule has 6 nitrogen and oxygen atoms in total. The molecule has 14 heavy (non-hydrogen) atoms. The number of methoxy groups -OCH3 is 1. The highest BCUT2D eigenvalue weighted by atomic mass is 31.2. The second-order valence-electron chi connectivity index (χ2n) is 2.08. The van der Waals surface area contributed by atoms with E-state index in [0.29, 0.717) is 0 Å². The maximum Gasteiger partial charge on any atom is 0.356 e. The van der Waals surface area contributed by atoms with Gasteiger partial charge in [0.15, 0.2) is 6.61 Å². The molecule has 0 aromatic heterocycles. The predicted octanol–water partition coefficient (Wildman–Crippen LogP) is 1.13. The van der Waals surface area contributed by atoms with Crippen molar-refractivity contribution in [3.8, 4) is 0 Å². The topological polar surface area (TPSA) is 71.1 Å². The van der Waals surface area contributed by atoms with E-state index in [1.807, 2.05) is 0 Å². The predicted molar refractivity (Wildman–Crippen MR) is 48.7 cm³/mol. The van der Waals surface area contributed by atoms with Crippen molar-refractivity contribution in [1.29, 1.82) is 0 Å². The summed E-state index contributed by atoms with van der Waals surface area (Å²) in [6, 6.07) is 0. The monoisotopic (exact) mass is 224 g/mol. The summed E-state index contributed by atoms with van der Waals surface area (Å²) in [4.78, 5) is 10.6. The molecular weight excluding hydrogens is 211 g/mol. The fourth-order valence-corrected chi connectivity index (χ4v) is 1.12. The van der Waals surface area contributed by atoms with Crippen molar-refractivity contribution in [2.45, 2.75) is 0 Å². The largest absolute Gasteiger partial charge is 0.489 e. The van der Waals surface area contributed by atoms with Crippen LogP contribution in [0.4, 0.5) is 0 Å². The second-order valence-corrected chi connectivity index (χ2v) is 4.19. The first-order chi connectivity index (χ1) is 6.58. The molecule has 0 rings (SSSR count). The molecule has 0 aliphatic rings. The van der Waals surface area contributed by atoms with Gasteiger partial charge in [-0.25, -0.2) is 4.79 Å². The summed E-state index contributed by atoms with van der Waals surface area (Å²) < 4.78 is 29.5. The van der Waals surface area contributed by atoms with E-state index >= 15 is 0 Å². The quantitative estimate of drug-likeness (QED) is 0.382. The minimum Gasteiger partial charge on any atom is -0.489 e. The third-order valence-corrected chi connectivity index (χ3v) is 2.78. The van der Waals surface area contributed by atoms with Crippen LogP contribution in [-0.2, 0) is 27.9 Å². The van der Waals surface area contributed by atoms with Crippen molar-refractivity contribution in [3.05, 3.63) is 12.1 Å². The third-order valence-electron chi connectivity index (χ3n) is 1.28. The van der Waals surface area contributed by atoms with Crippen LogP contribution < -0.4 is 0 Å². The van der Waals surface area contributed by atoms with Gasteiger partial charge in [-0.15, -0.1) is 0 Å². The minimum atomic E-state index is -3.21. The fourth-order valence-electron chi connectivity index (χ4n) is 0.489. The lowest BCUT2D eigenvalue weighted by Crippen LogP contribution is -2.07. The number of hydrogen-bond acceptors (Lipinski definition) is 6. The van der Waals surface area contributed by atoms with Crippen LogP contribution in [0.15, 0.2) is 12.1 Å². The molecule has 0 saturated carbocycles. The maximum atomic E-state index is 11.3. The van der Waals surface area contributed by atoms with Gasteiger partial charge < -0.3 is 18.5 Å². The summed E-state index contributed by atoms with van der Waals surface area (Å²) in [5.41, 5.74) is 0. The van der Waals surface area contributed by atoms with Crippen LogP contribution in [0, 0.1) is 0 Å². The highest BCUT2D eigenvalue weighted by molar-refractivity contribution is 7.57. The first kappa shape index (κ1) is 13.2. The molecule has 82 valence electrons. The van der Waals surface area contributed by atoms with Gasteiger partial charge in [0.2, 0.25) is 0 Å². The molecule has 0 aliphatic heterocycles. The summed E-state index contributed by atoms with van der Waals surface area (Å²) in [5, 5.41) is 0. The minimum absolute atomic E-state index is 0.250. The summed E-state index contributed by atoms with van der Waals surface area (Å²) in [7, 11) is 0.523. The van der Waals surface area contributed by atoms with Crippen molar-refractivity contribution in [1.82, 2.24) is 0 Å². The summed E-state index contributed by atoms with van der Waals surface area (Å²) in [6.07, 6.45) is 1.07. The lowest BCUT2D eigenvalue weighted by atomic mass is 10.7.